The summed E-state index contributed by atoms with van der Waals surface area (Å²) in [6.07, 6.45) is -7.59. The Bertz CT molecular complexity index is 325. The number of halogens is 5. The van der Waals surface area contributed by atoms with Crippen LogP contribution in [0, 0.1) is 11.3 Å². The zero-order chi connectivity index (χ0) is 12.3. The molecule has 3 nitrogen and oxygen atoms in total. The molecule has 0 bridgehead atoms. The third kappa shape index (κ3) is 3.53. The van der Waals surface area contributed by atoms with Crippen LogP contribution in [0.1, 0.15) is 6.42 Å². The Labute approximate surface area is 80.4 Å². The van der Waals surface area contributed by atoms with Crippen LogP contribution in [0.25, 0.3) is 0 Å². The molecule has 0 amide bonds. The first-order chi connectivity index (χ1) is 6.62. The molecule has 0 saturated carbocycles. The maximum absolute atomic E-state index is 12.2. The number of carboxylic acid groups (broad SMARTS) is 1. The number of aliphatic carboxylic acids is 1. The van der Waals surface area contributed by atoms with Crippen molar-refractivity contribution in [3.05, 3.63) is 11.6 Å². The molecule has 84 valence electrons. The van der Waals surface area contributed by atoms with Gasteiger partial charge in [-0.3, -0.25) is 0 Å². The highest BCUT2D eigenvalue weighted by molar-refractivity contribution is 5.90. The molecule has 1 N–H and O–H groups in total. The van der Waals surface area contributed by atoms with Crippen LogP contribution >= 0.6 is 0 Å². The molecule has 0 spiro atoms. The summed E-state index contributed by atoms with van der Waals surface area (Å²) in [7, 11) is 0. The Balaban J connectivity index is 4.78. The van der Waals surface area contributed by atoms with Crippen LogP contribution in [0.3, 0.4) is 0 Å². The van der Waals surface area contributed by atoms with Gasteiger partial charge in [-0.15, -0.1) is 0 Å². The maximum atomic E-state index is 12.2. The third-order valence-corrected chi connectivity index (χ3v) is 1.33. The quantitative estimate of drug-likeness (QED) is 0.458. The molecule has 8 heteroatoms. The predicted molar refractivity (Wildman–Crippen MR) is 37.0 cm³/mol. The number of allylic oxidation sites excluding steroid dienone is 1. The van der Waals surface area contributed by atoms with Crippen molar-refractivity contribution in [3.63, 3.8) is 0 Å². The normalized spacial score (nSPS) is 13.5. The molecule has 0 aromatic heterocycles. The molecule has 0 atom stereocenters. The Morgan fingerprint density at radius 2 is 1.80 bits per heavy atom. The van der Waals surface area contributed by atoms with Gasteiger partial charge in [-0.1, -0.05) is 6.08 Å². The van der Waals surface area contributed by atoms with E-state index in [4.69, 9.17) is 10.4 Å². The molecule has 0 fully saturated rings. The first-order valence-electron chi connectivity index (χ1n) is 3.40. The fraction of sp³-hybridized carbons (Fsp3) is 0.429. The van der Waals surface area contributed by atoms with Crippen molar-refractivity contribution in [3.8, 4) is 6.07 Å². The highest BCUT2D eigenvalue weighted by Crippen LogP contribution is 2.38. The minimum absolute atomic E-state index is 0.0375. The van der Waals surface area contributed by atoms with Gasteiger partial charge in [0.1, 0.15) is 11.6 Å². The van der Waals surface area contributed by atoms with Crippen LogP contribution in [0.2, 0.25) is 0 Å². The molecule has 0 aromatic carbocycles. The average molecular weight is 229 g/mol. The van der Waals surface area contributed by atoms with Gasteiger partial charge in [0.15, 0.2) is 0 Å². The summed E-state index contributed by atoms with van der Waals surface area (Å²) in [5.41, 5.74) is -1.15. The zero-order valence-electron chi connectivity index (χ0n) is 6.98. The van der Waals surface area contributed by atoms with Gasteiger partial charge in [0.25, 0.3) is 0 Å². The van der Waals surface area contributed by atoms with Gasteiger partial charge in [-0.05, 0) is 0 Å². The van der Waals surface area contributed by atoms with E-state index < -0.39 is 30.1 Å². The van der Waals surface area contributed by atoms with Gasteiger partial charge in [0.2, 0.25) is 0 Å². The number of nitrogens with zero attached hydrogens (tertiary/aromatic N) is 1. The van der Waals surface area contributed by atoms with Gasteiger partial charge < -0.3 is 5.11 Å². The second-order valence-electron chi connectivity index (χ2n) is 2.44. The summed E-state index contributed by atoms with van der Waals surface area (Å²) in [6.45, 7) is 0. The van der Waals surface area contributed by atoms with E-state index in [-0.39, 0.29) is 6.08 Å². The molecule has 0 unspecified atom stereocenters. The fourth-order valence-corrected chi connectivity index (χ4v) is 0.527. The van der Waals surface area contributed by atoms with Gasteiger partial charge in [0.05, 0.1) is 0 Å². The van der Waals surface area contributed by atoms with E-state index in [1.807, 2.05) is 0 Å². The number of hydrogen-bond acceptors (Lipinski definition) is 2. The molecule has 0 aliphatic carbocycles. The summed E-state index contributed by atoms with van der Waals surface area (Å²) >= 11 is 0. The van der Waals surface area contributed by atoms with Crippen molar-refractivity contribution in [2.45, 2.75) is 18.5 Å². The molecule has 0 radical (unpaired) electrons. The second-order valence-corrected chi connectivity index (χ2v) is 2.44. The van der Waals surface area contributed by atoms with Crippen molar-refractivity contribution in [1.82, 2.24) is 0 Å². The van der Waals surface area contributed by atoms with Crippen LogP contribution in [0.4, 0.5) is 22.0 Å². The van der Waals surface area contributed by atoms with E-state index in [1.54, 1.807) is 0 Å². The lowest BCUT2D eigenvalue weighted by Gasteiger charge is -2.17. The van der Waals surface area contributed by atoms with Crippen molar-refractivity contribution in [2.24, 2.45) is 0 Å². The lowest BCUT2D eigenvalue weighted by Crippen LogP contribution is -2.35. The first-order valence-corrected chi connectivity index (χ1v) is 3.40. The number of rotatable bonds is 3. The smallest absolute Gasteiger partial charge is 0.453 e. The Hall–Kier alpha value is -1.65. The largest absolute Gasteiger partial charge is 0.477 e. The van der Waals surface area contributed by atoms with Crippen LogP contribution in [0.5, 0.6) is 0 Å². The van der Waals surface area contributed by atoms with E-state index in [0.717, 1.165) is 6.07 Å². The van der Waals surface area contributed by atoms with Crippen molar-refractivity contribution >= 4 is 5.97 Å². The Morgan fingerprint density at radius 3 is 2.07 bits per heavy atom. The van der Waals surface area contributed by atoms with Crippen LogP contribution in [-0.2, 0) is 4.79 Å². The van der Waals surface area contributed by atoms with Crippen LogP contribution in [-0.4, -0.2) is 23.2 Å². The number of alkyl halides is 5. The summed E-state index contributed by atoms with van der Waals surface area (Å²) in [5.74, 6) is -6.89. The van der Waals surface area contributed by atoms with Crippen molar-refractivity contribution in [1.29, 1.82) is 5.26 Å². The summed E-state index contributed by atoms with van der Waals surface area (Å²) in [5, 5.41) is 16.2. The van der Waals surface area contributed by atoms with E-state index in [0.29, 0.717) is 0 Å². The second kappa shape index (κ2) is 4.25. The topological polar surface area (TPSA) is 61.1 Å². The fourth-order valence-electron chi connectivity index (χ4n) is 0.527. The predicted octanol–water partition coefficient (Wildman–Crippen LogP) is 2.11. The molecule has 0 heterocycles. The van der Waals surface area contributed by atoms with E-state index in [1.165, 1.54) is 0 Å². The van der Waals surface area contributed by atoms with Gasteiger partial charge in [-0.25, -0.2) is 4.79 Å². The first kappa shape index (κ1) is 13.4. The van der Waals surface area contributed by atoms with E-state index in [9.17, 15) is 26.7 Å². The third-order valence-electron chi connectivity index (χ3n) is 1.33. The number of nitriles is 1. The Kier molecular flexibility index (Phi) is 3.78. The number of carbonyl (C=O) groups is 1. The highest BCUT2D eigenvalue weighted by Gasteiger charge is 2.56. The zero-order valence-corrected chi connectivity index (χ0v) is 6.98. The van der Waals surface area contributed by atoms with Gasteiger partial charge >= 0.3 is 18.1 Å². The van der Waals surface area contributed by atoms with E-state index >= 15 is 0 Å². The minimum atomic E-state index is -5.76. The lowest BCUT2D eigenvalue weighted by molar-refractivity contribution is -0.280. The van der Waals surface area contributed by atoms with Crippen molar-refractivity contribution in [2.75, 3.05) is 0 Å². The number of carboxylic acids is 1. The lowest BCUT2D eigenvalue weighted by atomic mass is 10.1. The summed E-state index contributed by atoms with van der Waals surface area (Å²) in [6, 6.07) is 0.986. The molecule has 15 heavy (non-hydrogen) atoms. The standard InChI is InChI=1S/C7H4F5NO2/c8-6(9,7(10,11)12)2-1-4(3-13)5(14)15/h1H,2H2,(H,14,15). The monoisotopic (exact) mass is 229 g/mol. The molecule has 0 aliphatic rings. The number of hydrogen-bond donors (Lipinski definition) is 1. The van der Waals surface area contributed by atoms with Gasteiger partial charge in [0, 0.05) is 6.42 Å². The highest BCUT2D eigenvalue weighted by atomic mass is 19.4. The molecule has 0 rings (SSSR count). The molecule has 0 aromatic rings. The van der Waals surface area contributed by atoms with Gasteiger partial charge in [-0.2, -0.15) is 27.2 Å². The summed E-state index contributed by atoms with van der Waals surface area (Å²) < 4.78 is 59.2. The molecular formula is C7H4F5NO2. The van der Waals surface area contributed by atoms with Crippen molar-refractivity contribution < 1.29 is 31.9 Å². The molecule has 0 aliphatic heterocycles. The average Bonchev–Trinajstić information content (AvgIpc) is 2.02. The van der Waals surface area contributed by atoms with E-state index in [2.05, 4.69) is 0 Å². The molecule has 0 saturated heterocycles. The maximum Gasteiger partial charge on any atom is 0.453 e. The molecular weight excluding hydrogens is 225 g/mol. The SMILES string of the molecule is N#CC(=CCC(F)(F)C(F)(F)F)C(=O)O. The summed E-state index contributed by atoms with van der Waals surface area (Å²) in [4.78, 5) is 10.1. The minimum Gasteiger partial charge on any atom is -0.477 e. The Morgan fingerprint density at radius 1 is 1.33 bits per heavy atom. The van der Waals surface area contributed by atoms with Crippen LogP contribution in [0.15, 0.2) is 11.6 Å². The van der Waals surface area contributed by atoms with Crippen LogP contribution < -0.4 is 0 Å².